The van der Waals surface area contributed by atoms with E-state index in [0.29, 0.717) is 13.0 Å². The minimum Gasteiger partial charge on any atom is -0.356 e. The van der Waals surface area contributed by atoms with Gasteiger partial charge in [0.1, 0.15) is 12.7 Å². The number of benzene rings is 1. The van der Waals surface area contributed by atoms with E-state index >= 15 is 0 Å². The number of aromatic nitrogens is 3. The average molecular weight is 343 g/mol. The quantitative estimate of drug-likeness (QED) is 0.683. The molecule has 0 aliphatic carbocycles. The van der Waals surface area contributed by atoms with Gasteiger partial charge in [0.05, 0.1) is 11.7 Å². The number of hydrogen-bond acceptors (Lipinski definition) is 4. The summed E-state index contributed by atoms with van der Waals surface area (Å²) in [5.41, 5.74) is 1.97. The first-order chi connectivity index (χ1) is 12.1. The van der Waals surface area contributed by atoms with Gasteiger partial charge in [0, 0.05) is 19.9 Å². The van der Waals surface area contributed by atoms with Crippen molar-refractivity contribution in [3.8, 4) is 5.69 Å². The topological polar surface area (TPSA) is 88.9 Å². The van der Waals surface area contributed by atoms with E-state index in [1.807, 2.05) is 31.2 Å². The van der Waals surface area contributed by atoms with Gasteiger partial charge in [-0.05, 0) is 37.5 Å². The fourth-order valence-electron chi connectivity index (χ4n) is 2.51. The third-order valence-corrected chi connectivity index (χ3v) is 3.91. The summed E-state index contributed by atoms with van der Waals surface area (Å²) >= 11 is 0. The summed E-state index contributed by atoms with van der Waals surface area (Å²) in [5.74, 6) is 0.0359. The van der Waals surface area contributed by atoms with Gasteiger partial charge >= 0.3 is 0 Å². The molecular formula is C18H25N5O2. The molecule has 2 rings (SSSR count). The van der Waals surface area contributed by atoms with Crippen molar-refractivity contribution >= 4 is 11.8 Å². The van der Waals surface area contributed by atoms with Crippen molar-refractivity contribution in [1.29, 1.82) is 0 Å². The van der Waals surface area contributed by atoms with E-state index in [2.05, 4.69) is 20.7 Å². The molecule has 2 aromatic rings. The highest BCUT2D eigenvalue weighted by molar-refractivity contribution is 5.76. The Morgan fingerprint density at radius 2 is 1.92 bits per heavy atom. The second-order valence-corrected chi connectivity index (χ2v) is 6.01. The highest BCUT2D eigenvalue weighted by atomic mass is 16.2. The van der Waals surface area contributed by atoms with Crippen LogP contribution in [0.15, 0.2) is 36.9 Å². The van der Waals surface area contributed by atoms with E-state index in [9.17, 15) is 9.59 Å². The highest BCUT2D eigenvalue weighted by Crippen LogP contribution is 2.15. The van der Waals surface area contributed by atoms with E-state index in [1.54, 1.807) is 11.0 Å². The number of amides is 2. The van der Waals surface area contributed by atoms with Crippen LogP contribution in [0.2, 0.25) is 0 Å². The van der Waals surface area contributed by atoms with Crippen LogP contribution in [0.5, 0.6) is 0 Å². The van der Waals surface area contributed by atoms with E-state index in [1.165, 1.54) is 13.3 Å². The Hall–Kier alpha value is -2.70. The summed E-state index contributed by atoms with van der Waals surface area (Å²) in [6.07, 6.45) is 6.28. The summed E-state index contributed by atoms with van der Waals surface area (Å²) in [6.45, 7) is 4.15. The van der Waals surface area contributed by atoms with Crippen LogP contribution in [0.1, 0.15) is 51.1 Å². The summed E-state index contributed by atoms with van der Waals surface area (Å²) < 4.78 is 1.69. The fourth-order valence-corrected chi connectivity index (χ4v) is 2.51. The smallest absolute Gasteiger partial charge is 0.220 e. The Morgan fingerprint density at radius 3 is 2.56 bits per heavy atom. The molecule has 7 heteroatoms. The number of unbranched alkanes of at least 4 members (excludes halogenated alkanes) is 2. The monoisotopic (exact) mass is 343 g/mol. The molecule has 1 unspecified atom stereocenters. The van der Waals surface area contributed by atoms with Gasteiger partial charge in [0.25, 0.3) is 0 Å². The van der Waals surface area contributed by atoms with Crippen molar-refractivity contribution < 1.29 is 9.59 Å². The average Bonchev–Trinajstić information content (AvgIpc) is 3.12. The summed E-state index contributed by atoms with van der Waals surface area (Å²) in [7, 11) is 0. The van der Waals surface area contributed by atoms with Crippen LogP contribution in [0.25, 0.3) is 5.69 Å². The standard InChI is InChI=1S/C18H25N5O2/c1-14(22-18(25)6-4-3-5-11-20-15(2)24)16-7-9-17(10-8-16)23-13-19-12-21-23/h7-10,12-14H,3-6,11H2,1-2H3,(H,20,24)(H,22,25). The lowest BCUT2D eigenvalue weighted by molar-refractivity contribution is -0.122. The molecule has 134 valence electrons. The van der Waals surface area contributed by atoms with Gasteiger partial charge in [0.15, 0.2) is 0 Å². The second-order valence-electron chi connectivity index (χ2n) is 6.01. The molecular weight excluding hydrogens is 318 g/mol. The zero-order valence-corrected chi connectivity index (χ0v) is 14.7. The zero-order chi connectivity index (χ0) is 18.1. The SMILES string of the molecule is CC(=O)NCCCCCC(=O)NC(C)c1ccc(-n2cncn2)cc1. The first-order valence-corrected chi connectivity index (χ1v) is 8.55. The van der Waals surface area contributed by atoms with Gasteiger partial charge in [-0.2, -0.15) is 5.10 Å². The molecule has 1 aromatic heterocycles. The Morgan fingerprint density at radius 1 is 1.16 bits per heavy atom. The van der Waals surface area contributed by atoms with Crippen molar-refractivity contribution in [2.45, 2.75) is 45.6 Å². The Bertz CT molecular complexity index is 667. The first-order valence-electron chi connectivity index (χ1n) is 8.55. The molecule has 0 saturated heterocycles. The molecule has 0 spiro atoms. The Balaban J connectivity index is 1.71. The molecule has 0 aliphatic rings. The summed E-state index contributed by atoms with van der Waals surface area (Å²) in [5, 5.41) is 9.86. The number of carbonyl (C=O) groups excluding carboxylic acids is 2. The van der Waals surface area contributed by atoms with E-state index < -0.39 is 0 Å². The molecule has 0 radical (unpaired) electrons. The van der Waals surface area contributed by atoms with Crippen molar-refractivity contribution in [2.75, 3.05) is 6.54 Å². The summed E-state index contributed by atoms with van der Waals surface area (Å²) in [6, 6.07) is 7.82. The molecule has 1 heterocycles. The van der Waals surface area contributed by atoms with Gasteiger partial charge in [-0.3, -0.25) is 9.59 Å². The third kappa shape index (κ3) is 6.37. The number of carbonyl (C=O) groups is 2. The van der Waals surface area contributed by atoms with E-state index in [0.717, 1.165) is 30.5 Å². The maximum absolute atomic E-state index is 12.0. The van der Waals surface area contributed by atoms with Crippen LogP contribution in [-0.4, -0.2) is 33.1 Å². The predicted octanol–water partition coefficient (Wildman–Crippen LogP) is 2.14. The maximum Gasteiger partial charge on any atom is 0.220 e. The number of hydrogen-bond donors (Lipinski definition) is 2. The number of nitrogens with zero attached hydrogens (tertiary/aromatic N) is 3. The lowest BCUT2D eigenvalue weighted by atomic mass is 10.1. The van der Waals surface area contributed by atoms with Crippen LogP contribution in [0, 0.1) is 0 Å². The summed E-state index contributed by atoms with van der Waals surface area (Å²) in [4.78, 5) is 26.7. The molecule has 25 heavy (non-hydrogen) atoms. The number of rotatable bonds is 9. The van der Waals surface area contributed by atoms with Crippen LogP contribution < -0.4 is 10.6 Å². The molecule has 1 atom stereocenters. The molecule has 0 saturated carbocycles. The van der Waals surface area contributed by atoms with Crippen LogP contribution in [0.4, 0.5) is 0 Å². The van der Waals surface area contributed by atoms with E-state index in [-0.39, 0.29) is 17.9 Å². The molecule has 7 nitrogen and oxygen atoms in total. The van der Waals surface area contributed by atoms with Crippen LogP contribution in [0.3, 0.4) is 0 Å². The Labute approximate surface area is 147 Å². The van der Waals surface area contributed by atoms with Crippen LogP contribution >= 0.6 is 0 Å². The minimum absolute atomic E-state index is 0.0126. The maximum atomic E-state index is 12.0. The lowest BCUT2D eigenvalue weighted by Gasteiger charge is -2.15. The van der Waals surface area contributed by atoms with Crippen molar-refractivity contribution in [3.63, 3.8) is 0 Å². The van der Waals surface area contributed by atoms with Gasteiger partial charge in [-0.1, -0.05) is 18.6 Å². The third-order valence-electron chi connectivity index (χ3n) is 3.91. The molecule has 1 aromatic carbocycles. The minimum atomic E-state index is -0.0447. The predicted molar refractivity (Wildman–Crippen MR) is 95.1 cm³/mol. The van der Waals surface area contributed by atoms with Crippen LogP contribution in [-0.2, 0) is 9.59 Å². The van der Waals surface area contributed by atoms with Gasteiger partial charge in [-0.15, -0.1) is 0 Å². The molecule has 0 bridgehead atoms. The highest BCUT2D eigenvalue weighted by Gasteiger charge is 2.09. The van der Waals surface area contributed by atoms with Gasteiger partial charge in [0.2, 0.25) is 11.8 Å². The zero-order valence-electron chi connectivity index (χ0n) is 14.7. The molecule has 0 fully saturated rings. The molecule has 0 aliphatic heterocycles. The largest absolute Gasteiger partial charge is 0.356 e. The van der Waals surface area contributed by atoms with E-state index in [4.69, 9.17) is 0 Å². The van der Waals surface area contributed by atoms with Gasteiger partial charge < -0.3 is 10.6 Å². The second kappa shape index (κ2) is 9.56. The van der Waals surface area contributed by atoms with Crippen molar-refractivity contribution in [3.05, 3.63) is 42.5 Å². The normalized spacial score (nSPS) is 11.8. The van der Waals surface area contributed by atoms with Crippen molar-refractivity contribution in [1.82, 2.24) is 25.4 Å². The number of nitrogens with one attached hydrogen (secondary N) is 2. The molecule has 2 N–H and O–H groups in total. The van der Waals surface area contributed by atoms with Crippen molar-refractivity contribution in [2.24, 2.45) is 0 Å². The first kappa shape index (κ1) is 18.6. The molecule has 2 amide bonds. The van der Waals surface area contributed by atoms with Gasteiger partial charge in [-0.25, -0.2) is 9.67 Å². The Kier molecular flexibility index (Phi) is 7.13. The fraction of sp³-hybridized carbons (Fsp3) is 0.444. The lowest BCUT2D eigenvalue weighted by Crippen LogP contribution is -2.26.